The molecule has 2 saturated heterocycles. The standard InChI is InChI=1S/C17H19N5O5/c18-9-14-3-1-2-4-15(14)12-27-17(23)21-7-6-20(16(21)19-22(24)25)10-13-5-8-26-11-13/h1-4,13H,5-8,10-12H2. The van der Waals surface area contributed by atoms with Crippen LogP contribution in [-0.2, 0) is 16.1 Å². The number of hydrogen-bond acceptors (Lipinski definition) is 6. The molecule has 27 heavy (non-hydrogen) atoms. The summed E-state index contributed by atoms with van der Waals surface area (Å²) in [5.41, 5.74) is 0.981. The highest BCUT2D eigenvalue weighted by atomic mass is 16.7. The van der Waals surface area contributed by atoms with Crippen molar-refractivity contribution in [3.63, 3.8) is 0 Å². The Labute approximate surface area is 155 Å². The van der Waals surface area contributed by atoms with E-state index < -0.39 is 11.1 Å². The van der Waals surface area contributed by atoms with E-state index in [0.29, 0.717) is 37.4 Å². The molecule has 10 heteroatoms. The van der Waals surface area contributed by atoms with Crippen molar-refractivity contribution in [1.29, 1.82) is 5.26 Å². The van der Waals surface area contributed by atoms with Crippen LogP contribution >= 0.6 is 0 Å². The normalized spacial score (nSPS) is 20.7. The van der Waals surface area contributed by atoms with Crippen molar-refractivity contribution in [3.8, 4) is 6.07 Å². The Bertz CT molecular complexity index is 784. The summed E-state index contributed by atoms with van der Waals surface area (Å²) in [6.07, 6.45) is 0.144. The van der Waals surface area contributed by atoms with Crippen LogP contribution in [0.5, 0.6) is 0 Å². The molecule has 1 aromatic carbocycles. The Balaban J connectivity index is 1.67. The van der Waals surface area contributed by atoms with Gasteiger partial charge in [0, 0.05) is 31.2 Å². The maximum Gasteiger partial charge on any atom is 0.417 e. The Morgan fingerprint density at radius 2 is 2.26 bits per heavy atom. The van der Waals surface area contributed by atoms with Gasteiger partial charge < -0.3 is 14.4 Å². The van der Waals surface area contributed by atoms with E-state index in [9.17, 15) is 14.9 Å². The molecular weight excluding hydrogens is 354 g/mol. The van der Waals surface area contributed by atoms with Gasteiger partial charge in [-0.3, -0.25) is 0 Å². The Hall–Kier alpha value is -3.19. The lowest BCUT2D eigenvalue weighted by Crippen LogP contribution is -2.40. The van der Waals surface area contributed by atoms with Gasteiger partial charge in [0.05, 0.1) is 24.8 Å². The van der Waals surface area contributed by atoms with Crippen LogP contribution in [-0.4, -0.2) is 59.7 Å². The van der Waals surface area contributed by atoms with E-state index >= 15 is 0 Å². The second kappa shape index (κ2) is 8.46. The van der Waals surface area contributed by atoms with E-state index in [-0.39, 0.29) is 25.0 Å². The molecule has 0 N–H and O–H groups in total. The van der Waals surface area contributed by atoms with Crippen LogP contribution in [0.1, 0.15) is 17.5 Å². The van der Waals surface area contributed by atoms with Gasteiger partial charge in [0.25, 0.3) is 5.96 Å². The summed E-state index contributed by atoms with van der Waals surface area (Å²) in [7, 11) is 0. The summed E-state index contributed by atoms with van der Waals surface area (Å²) >= 11 is 0. The molecule has 1 unspecified atom stereocenters. The van der Waals surface area contributed by atoms with Gasteiger partial charge in [-0.1, -0.05) is 18.2 Å². The predicted molar refractivity (Wildman–Crippen MR) is 93.0 cm³/mol. The quantitative estimate of drug-likeness (QED) is 0.565. The van der Waals surface area contributed by atoms with Crippen LogP contribution in [0.25, 0.3) is 0 Å². The fourth-order valence-corrected chi connectivity index (χ4v) is 3.14. The highest BCUT2D eigenvalue weighted by molar-refractivity contribution is 5.95. The number of rotatable bonds is 5. The molecular formula is C17H19N5O5. The Morgan fingerprint density at radius 3 is 2.96 bits per heavy atom. The van der Waals surface area contributed by atoms with Crippen molar-refractivity contribution in [2.75, 3.05) is 32.8 Å². The smallest absolute Gasteiger partial charge is 0.417 e. The molecule has 10 nitrogen and oxygen atoms in total. The molecule has 0 radical (unpaired) electrons. The van der Waals surface area contributed by atoms with Gasteiger partial charge >= 0.3 is 6.09 Å². The molecule has 0 aliphatic carbocycles. The second-order valence-corrected chi connectivity index (χ2v) is 6.29. The molecule has 2 aliphatic heterocycles. The molecule has 1 amide bonds. The van der Waals surface area contributed by atoms with Gasteiger partial charge in [0.1, 0.15) is 11.7 Å². The number of guanidine groups is 1. The third-order valence-electron chi connectivity index (χ3n) is 4.50. The minimum atomic E-state index is -0.815. The van der Waals surface area contributed by atoms with Gasteiger partial charge in [-0.2, -0.15) is 5.26 Å². The maximum atomic E-state index is 12.5. The molecule has 0 spiro atoms. The average Bonchev–Trinajstić information content (AvgIpc) is 3.30. The zero-order valence-corrected chi connectivity index (χ0v) is 14.6. The molecule has 0 aromatic heterocycles. The topological polar surface area (TPSA) is 121 Å². The summed E-state index contributed by atoms with van der Waals surface area (Å²) in [6.45, 7) is 2.39. The van der Waals surface area contributed by atoms with E-state index in [1.54, 1.807) is 29.2 Å². The van der Waals surface area contributed by atoms with Gasteiger partial charge in [-0.05, 0) is 12.5 Å². The zero-order chi connectivity index (χ0) is 19.2. The predicted octanol–water partition coefficient (Wildman–Crippen LogP) is 1.40. The van der Waals surface area contributed by atoms with Crippen LogP contribution in [0.3, 0.4) is 0 Å². The second-order valence-electron chi connectivity index (χ2n) is 6.29. The number of hydrogen-bond donors (Lipinski definition) is 0. The first kappa shape index (κ1) is 18.6. The summed E-state index contributed by atoms with van der Waals surface area (Å²) < 4.78 is 10.6. The first-order chi connectivity index (χ1) is 13.1. The summed E-state index contributed by atoms with van der Waals surface area (Å²) in [5, 5.41) is 22.6. The monoisotopic (exact) mass is 373 g/mol. The molecule has 2 aliphatic rings. The summed E-state index contributed by atoms with van der Waals surface area (Å²) in [6, 6.07) is 8.81. The summed E-state index contributed by atoms with van der Waals surface area (Å²) in [5.74, 6) is 0.228. The number of amides is 1. The number of nitro groups is 1. The fourth-order valence-electron chi connectivity index (χ4n) is 3.14. The number of hydrazone groups is 1. The zero-order valence-electron chi connectivity index (χ0n) is 14.6. The van der Waals surface area contributed by atoms with E-state index in [1.807, 2.05) is 6.07 Å². The van der Waals surface area contributed by atoms with E-state index in [0.717, 1.165) is 11.3 Å². The molecule has 0 saturated carbocycles. The van der Waals surface area contributed by atoms with Crippen LogP contribution in [0.2, 0.25) is 0 Å². The SMILES string of the molecule is N#Cc1ccccc1COC(=O)N1CCN(CC2CCOC2)C1=N[N+](=O)[O-]. The number of nitrogens with zero attached hydrogens (tertiary/aromatic N) is 5. The lowest BCUT2D eigenvalue weighted by molar-refractivity contribution is -0.486. The Morgan fingerprint density at radius 1 is 1.44 bits per heavy atom. The molecule has 1 atom stereocenters. The van der Waals surface area contributed by atoms with Crippen LogP contribution in [0, 0.1) is 27.4 Å². The van der Waals surface area contributed by atoms with Crippen molar-refractivity contribution in [2.24, 2.45) is 11.0 Å². The molecule has 142 valence electrons. The lowest BCUT2D eigenvalue weighted by Gasteiger charge is -2.21. The fraction of sp³-hybridized carbons (Fsp3) is 0.471. The van der Waals surface area contributed by atoms with E-state index in [4.69, 9.17) is 14.7 Å². The lowest BCUT2D eigenvalue weighted by atomic mass is 10.1. The third-order valence-corrected chi connectivity index (χ3v) is 4.50. The average molecular weight is 373 g/mol. The largest absolute Gasteiger partial charge is 0.444 e. The van der Waals surface area contributed by atoms with Crippen molar-refractivity contribution in [2.45, 2.75) is 13.0 Å². The number of carbonyl (C=O) groups excluding carboxylic acids is 1. The van der Waals surface area contributed by atoms with E-state index in [1.165, 1.54) is 0 Å². The first-order valence-corrected chi connectivity index (χ1v) is 8.56. The minimum absolute atomic E-state index is 0.0227. The molecule has 2 heterocycles. The molecule has 0 bridgehead atoms. The van der Waals surface area contributed by atoms with Gasteiger partial charge in [-0.25, -0.2) is 19.8 Å². The number of ether oxygens (including phenoxy) is 2. The van der Waals surface area contributed by atoms with Gasteiger partial charge in [-0.15, -0.1) is 0 Å². The van der Waals surface area contributed by atoms with Crippen molar-refractivity contribution >= 4 is 12.1 Å². The van der Waals surface area contributed by atoms with Crippen molar-refractivity contribution < 1.29 is 19.3 Å². The van der Waals surface area contributed by atoms with Gasteiger partial charge in [0.15, 0.2) is 5.03 Å². The Kier molecular flexibility index (Phi) is 5.83. The third kappa shape index (κ3) is 4.51. The highest BCUT2D eigenvalue weighted by Crippen LogP contribution is 2.19. The minimum Gasteiger partial charge on any atom is -0.444 e. The van der Waals surface area contributed by atoms with Gasteiger partial charge in [0.2, 0.25) is 0 Å². The van der Waals surface area contributed by atoms with Crippen LogP contribution < -0.4 is 0 Å². The van der Waals surface area contributed by atoms with Crippen molar-refractivity contribution in [1.82, 2.24) is 9.80 Å². The number of nitriles is 1. The first-order valence-electron chi connectivity index (χ1n) is 8.56. The van der Waals surface area contributed by atoms with Crippen LogP contribution in [0.15, 0.2) is 29.4 Å². The summed E-state index contributed by atoms with van der Waals surface area (Å²) in [4.78, 5) is 26.3. The van der Waals surface area contributed by atoms with E-state index in [2.05, 4.69) is 5.10 Å². The number of benzene rings is 1. The molecule has 1 aromatic rings. The molecule has 2 fully saturated rings. The molecule has 3 rings (SSSR count). The highest BCUT2D eigenvalue weighted by Gasteiger charge is 2.36. The number of carbonyl (C=O) groups is 1. The maximum absolute atomic E-state index is 12.5. The van der Waals surface area contributed by atoms with Crippen molar-refractivity contribution in [3.05, 3.63) is 45.5 Å². The van der Waals surface area contributed by atoms with Crippen LogP contribution in [0.4, 0.5) is 4.79 Å².